The van der Waals surface area contributed by atoms with Gasteiger partial charge in [0.1, 0.15) is 17.9 Å². The van der Waals surface area contributed by atoms with Gasteiger partial charge in [-0.2, -0.15) is 5.26 Å². The summed E-state index contributed by atoms with van der Waals surface area (Å²) >= 11 is 12.7. The number of carbonyl (C=O) groups excluding carboxylic acids is 4. The first-order chi connectivity index (χ1) is 30.0. The van der Waals surface area contributed by atoms with Crippen molar-refractivity contribution >= 4 is 74.8 Å². The molecule has 5 heterocycles. The molecule has 1 unspecified atom stereocenters. The molecule has 0 radical (unpaired) electrons. The molecule has 2 atom stereocenters. The fourth-order valence-corrected chi connectivity index (χ4v) is 9.37. The Morgan fingerprint density at radius 3 is 2.45 bits per heavy atom. The van der Waals surface area contributed by atoms with E-state index in [0.717, 1.165) is 82.0 Å². The van der Waals surface area contributed by atoms with Crippen molar-refractivity contribution in [1.29, 1.82) is 5.26 Å². The summed E-state index contributed by atoms with van der Waals surface area (Å²) in [6.45, 7) is 6.03. The Balaban J connectivity index is 0.796. The van der Waals surface area contributed by atoms with E-state index >= 15 is 0 Å². The van der Waals surface area contributed by atoms with Crippen LogP contribution in [0.25, 0.3) is 10.9 Å². The number of amides is 4. The Morgan fingerprint density at radius 1 is 0.903 bits per heavy atom. The van der Waals surface area contributed by atoms with Crippen LogP contribution >= 0.6 is 23.2 Å². The summed E-state index contributed by atoms with van der Waals surface area (Å²) in [6.07, 6.45) is 6.84. The monoisotopic (exact) mass is 882 g/mol. The topological polar surface area (TPSA) is 178 Å². The number of pyridine rings is 1. The van der Waals surface area contributed by atoms with Gasteiger partial charge in [0.05, 0.1) is 64.5 Å². The van der Waals surface area contributed by atoms with E-state index in [-0.39, 0.29) is 12.8 Å². The van der Waals surface area contributed by atoms with E-state index in [2.05, 4.69) is 36.8 Å². The lowest BCUT2D eigenvalue weighted by Gasteiger charge is -2.37. The van der Waals surface area contributed by atoms with Crippen LogP contribution < -0.4 is 35.1 Å². The van der Waals surface area contributed by atoms with Gasteiger partial charge in [-0.05, 0) is 94.4 Å². The van der Waals surface area contributed by atoms with Gasteiger partial charge in [-0.15, -0.1) is 0 Å². The van der Waals surface area contributed by atoms with E-state index in [0.29, 0.717) is 84.8 Å². The van der Waals surface area contributed by atoms with Gasteiger partial charge in [-0.1, -0.05) is 23.2 Å². The average molecular weight is 884 g/mol. The number of hydrogen-bond donors (Lipinski definition) is 3. The lowest BCUT2D eigenvalue weighted by molar-refractivity contribution is -0.136. The van der Waals surface area contributed by atoms with Gasteiger partial charge in [-0.3, -0.25) is 34.4 Å². The molecule has 1 aromatic heterocycles. The highest BCUT2D eigenvalue weighted by atomic mass is 35.5. The number of nitrogens with one attached hydrogen (secondary N) is 3. The van der Waals surface area contributed by atoms with Crippen LogP contribution in [0, 0.1) is 17.2 Å². The molecule has 3 fully saturated rings. The van der Waals surface area contributed by atoms with Crippen molar-refractivity contribution in [3.63, 3.8) is 0 Å². The summed E-state index contributed by atoms with van der Waals surface area (Å²) in [6, 6.07) is 13.8. The second-order valence-electron chi connectivity index (χ2n) is 16.1. The number of ether oxygens (including phenoxy) is 3. The summed E-state index contributed by atoms with van der Waals surface area (Å²) in [5.41, 5.74) is 3.46. The zero-order chi connectivity index (χ0) is 43.5. The van der Waals surface area contributed by atoms with Crippen molar-refractivity contribution in [3.8, 4) is 23.3 Å². The minimum atomic E-state index is -0.979. The van der Waals surface area contributed by atoms with E-state index < -0.39 is 29.7 Å². The smallest absolute Gasteiger partial charge is 0.262 e. The molecule has 15 nitrogen and oxygen atoms in total. The van der Waals surface area contributed by atoms with Crippen LogP contribution in [0.3, 0.4) is 0 Å². The number of methoxy groups -OCH3 is 2. The number of piperidine rings is 3. The van der Waals surface area contributed by atoms with Gasteiger partial charge in [0, 0.05) is 61.5 Å². The molecular weight excluding hydrogens is 835 g/mol. The lowest BCUT2D eigenvalue weighted by atomic mass is 9.95. The minimum absolute atomic E-state index is 0.0880. The van der Waals surface area contributed by atoms with Crippen LogP contribution in [0.2, 0.25) is 10.0 Å². The molecule has 0 saturated carbocycles. The Labute approximate surface area is 369 Å². The highest BCUT2D eigenvalue weighted by molar-refractivity contribution is 6.37. The molecule has 3 N–H and O–H groups in total. The van der Waals surface area contributed by atoms with E-state index in [9.17, 15) is 24.4 Å². The Bertz CT molecular complexity index is 2450. The number of benzene rings is 3. The highest BCUT2D eigenvalue weighted by Crippen LogP contribution is 2.41. The number of fused-ring (bicyclic) bond motifs is 2. The molecule has 62 heavy (non-hydrogen) atoms. The lowest BCUT2D eigenvalue weighted by Crippen LogP contribution is -2.54. The number of imide groups is 2. The number of rotatable bonds is 14. The summed E-state index contributed by atoms with van der Waals surface area (Å²) < 4.78 is 17.3. The van der Waals surface area contributed by atoms with Crippen molar-refractivity contribution in [3.05, 3.63) is 75.4 Å². The molecule has 0 aliphatic carbocycles. The maximum Gasteiger partial charge on any atom is 0.262 e. The molecule has 4 aromatic rings. The van der Waals surface area contributed by atoms with E-state index in [4.69, 9.17) is 37.4 Å². The molecule has 324 valence electrons. The van der Waals surface area contributed by atoms with Crippen LogP contribution in [-0.4, -0.2) is 111 Å². The molecule has 3 saturated heterocycles. The number of nitriles is 1. The van der Waals surface area contributed by atoms with Crippen molar-refractivity contribution in [2.75, 3.05) is 70.3 Å². The van der Waals surface area contributed by atoms with Crippen molar-refractivity contribution in [1.82, 2.24) is 25.4 Å². The minimum Gasteiger partial charge on any atom is -0.495 e. The van der Waals surface area contributed by atoms with Crippen molar-refractivity contribution in [2.24, 2.45) is 5.92 Å². The largest absolute Gasteiger partial charge is 0.495 e. The molecule has 0 bridgehead atoms. The number of aromatic nitrogens is 1. The van der Waals surface area contributed by atoms with Crippen LogP contribution in [-0.2, 0) is 9.59 Å². The molecule has 4 aliphatic rings. The average Bonchev–Trinajstić information content (AvgIpc) is 3.53. The van der Waals surface area contributed by atoms with Gasteiger partial charge in [-0.25, -0.2) is 0 Å². The second kappa shape index (κ2) is 18.8. The third-order valence-corrected chi connectivity index (χ3v) is 12.9. The third-order valence-electron chi connectivity index (χ3n) is 12.3. The highest BCUT2D eigenvalue weighted by Gasteiger charge is 2.45. The summed E-state index contributed by atoms with van der Waals surface area (Å²) in [5, 5.41) is 20.7. The first-order valence-electron chi connectivity index (χ1n) is 20.9. The van der Waals surface area contributed by atoms with Crippen LogP contribution in [0.15, 0.2) is 48.7 Å². The molecule has 4 aliphatic heterocycles. The van der Waals surface area contributed by atoms with E-state index in [1.54, 1.807) is 31.4 Å². The fraction of sp³-hybridized carbons (Fsp3) is 0.422. The Morgan fingerprint density at radius 2 is 1.69 bits per heavy atom. The molecule has 8 rings (SSSR count). The summed E-state index contributed by atoms with van der Waals surface area (Å²) in [5.74, 6) is 0.116. The summed E-state index contributed by atoms with van der Waals surface area (Å²) in [4.78, 5) is 61.0. The SMILES string of the molecule is COc1cc(Nc2c(C#N)cnc3cc(OCCCN4CCC(CN[C@@H]5CCCN(c6ccc7c(c6)C(=O)N(C6CCC(=O)NC6=O)C7=O)C5)CC4)c(OC)cc23)c(Cl)cc1Cl. The zero-order valence-electron chi connectivity index (χ0n) is 34.6. The van der Waals surface area contributed by atoms with Gasteiger partial charge in [0.25, 0.3) is 11.8 Å². The Hall–Kier alpha value is -5.66. The van der Waals surface area contributed by atoms with Gasteiger partial charge in [0.2, 0.25) is 11.8 Å². The van der Waals surface area contributed by atoms with Crippen LogP contribution in [0.4, 0.5) is 17.1 Å². The summed E-state index contributed by atoms with van der Waals surface area (Å²) in [7, 11) is 3.10. The van der Waals surface area contributed by atoms with Crippen molar-refractivity contribution < 1.29 is 33.4 Å². The number of carbonyl (C=O) groups is 4. The first kappa shape index (κ1) is 43.0. The fourth-order valence-electron chi connectivity index (χ4n) is 8.86. The van der Waals surface area contributed by atoms with Gasteiger partial charge < -0.3 is 34.6 Å². The van der Waals surface area contributed by atoms with Crippen molar-refractivity contribution in [2.45, 2.75) is 57.0 Å². The predicted octanol–water partition coefficient (Wildman–Crippen LogP) is 6.31. The number of likely N-dealkylation sites (tertiary alicyclic amines) is 1. The molecule has 4 amide bonds. The quantitative estimate of drug-likeness (QED) is 0.0949. The van der Waals surface area contributed by atoms with Crippen LogP contribution in [0.5, 0.6) is 17.2 Å². The molecule has 17 heteroatoms. The second-order valence-corrected chi connectivity index (χ2v) is 16.9. The first-order valence-corrected chi connectivity index (χ1v) is 21.7. The zero-order valence-corrected chi connectivity index (χ0v) is 36.1. The van der Waals surface area contributed by atoms with E-state index in [1.807, 2.05) is 18.2 Å². The predicted molar refractivity (Wildman–Crippen MR) is 235 cm³/mol. The number of halogens is 2. The Kier molecular flexibility index (Phi) is 13.0. The number of nitrogens with zero attached hydrogens (tertiary/aromatic N) is 5. The molecule has 3 aromatic carbocycles. The maximum absolute atomic E-state index is 13.4. The van der Waals surface area contributed by atoms with Gasteiger partial charge >= 0.3 is 0 Å². The van der Waals surface area contributed by atoms with Crippen LogP contribution in [0.1, 0.15) is 71.2 Å². The van der Waals surface area contributed by atoms with E-state index in [1.165, 1.54) is 13.3 Å². The molecular formula is C45H48Cl2N8O7. The van der Waals surface area contributed by atoms with Gasteiger partial charge in [0.15, 0.2) is 11.5 Å². The standard InChI is InChI=1S/C45H48Cl2N8O7/c1-60-38-21-36(33(46)19-34(38)47)51-42-27(22-48)24-50-35-20-40(39(61-2)18-32(35)42)62-16-4-12-53-14-10-26(11-15-53)23-49-28-5-3-13-54(25-28)29-6-7-30-31(17-29)45(59)55(44(30)58)37-8-9-41(56)52-43(37)57/h6-7,17-21,24,26,28,37,49H,3-5,8-16,23,25H2,1-2H3,(H,50,51)(H,52,56,57)/t28-,37?/m1/s1. The maximum atomic E-state index is 13.4. The molecule has 0 spiro atoms. The number of hydrogen-bond acceptors (Lipinski definition) is 13. The third kappa shape index (κ3) is 8.96. The normalized spacial score (nSPS) is 19.7. The number of anilines is 3.